The first kappa shape index (κ1) is 13.4. The van der Waals surface area contributed by atoms with E-state index in [-0.39, 0.29) is 24.9 Å². The minimum absolute atomic E-state index is 0.0554. The molecule has 1 N–H and O–H groups in total. The molecule has 5 nitrogen and oxygen atoms in total. The number of hydrogen-bond donors (Lipinski definition) is 1. The van der Waals surface area contributed by atoms with Crippen LogP contribution in [-0.4, -0.2) is 25.0 Å². The quantitative estimate of drug-likeness (QED) is 0.815. The van der Waals surface area contributed by atoms with Gasteiger partial charge in [-0.15, -0.1) is 0 Å². The van der Waals surface area contributed by atoms with Gasteiger partial charge in [0, 0.05) is 6.54 Å². The first-order valence-corrected chi connectivity index (χ1v) is 6.21. The zero-order valence-electron chi connectivity index (χ0n) is 11.1. The Morgan fingerprint density at radius 2 is 1.95 bits per heavy atom. The summed E-state index contributed by atoms with van der Waals surface area (Å²) in [4.78, 5) is 22.1. The van der Waals surface area contributed by atoms with Crippen LogP contribution in [0.3, 0.4) is 0 Å². The highest BCUT2D eigenvalue weighted by Crippen LogP contribution is 2.34. The molecule has 0 unspecified atom stereocenters. The number of Topliss-reactive ketones (excluding diaryl/α,β-unsaturated/α-hetero) is 1. The number of ketones is 1. The van der Waals surface area contributed by atoms with E-state index in [9.17, 15) is 9.59 Å². The lowest BCUT2D eigenvalue weighted by Gasteiger charge is -2.08. The van der Waals surface area contributed by atoms with Gasteiger partial charge in [0.05, 0.1) is 6.42 Å². The predicted octanol–water partition coefficient (Wildman–Crippen LogP) is 1.36. The Hall–Kier alpha value is -2.04. The van der Waals surface area contributed by atoms with Crippen molar-refractivity contribution in [2.24, 2.45) is 0 Å². The minimum Gasteiger partial charge on any atom is -0.454 e. The Labute approximate surface area is 111 Å². The summed E-state index contributed by atoms with van der Waals surface area (Å²) in [5.74, 6) is 1.15. The summed E-state index contributed by atoms with van der Waals surface area (Å²) in [5.41, 5.74) is 2.21. The average molecular weight is 263 g/mol. The van der Waals surface area contributed by atoms with E-state index in [0.29, 0.717) is 13.0 Å². The summed E-state index contributed by atoms with van der Waals surface area (Å²) >= 11 is 0. The van der Waals surface area contributed by atoms with Crippen molar-refractivity contribution in [2.45, 2.75) is 26.7 Å². The maximum Gasteiger partial charge on any atom is 0.231 e. The zero-order valence-corrected chi connectivity index (χ0v) is 11.1. The monoisotopic (exact) mass is 263 g/mol. The number of hydrogen-bond acceptors (Lipinski definition) is 4. The van der Waals surface area contributed by atoms with Crippen molar-refractivity contribution in [3.8, 4) is 11.5 Å². The molecule has 1 aromatic carbocycles. The fraction of sp³-hybridized carbons (Fsp3) is 0.429. The molecule has 0 saturated carbocycles. The number of aryl methyl sites for hydroxylation is 1. The summed E-state index contributed by atoms with van der Waals surface area (Å²) in [7, 11) is 0. The second-order valence-electron chi connectivity index (χ2n) is 4.61. The number of benzene rings is 1. The Morgan fingerprint density at radius 3 is 2.63 bits per heavy atom. The highest BCUT2D eigenvalue weighted by molar-refractivity contribution is 5.96. The lowest BCUT2D eigenvalue weighted by Crippen LogP contribution is -2.27. The normalized spacial score (nSPS) is 12.3. The van der Waals surface area contributed by atoms with E-state index in [1.54, 1.807) is 0 Å². The van der Waals surface area contributed by atoms with Gasteiger partial charge in [-0.2, -0.15) is 0 Å². The van der Waals surface area contributed by atoms with Crippen molar-refractivity contribution >= 4 is 11.7 Å². The van der Waals surface area contributed by atoms with Crippen LogP contribution in [-0.2, 0) is 16.0 Å². The van der Waals surface area contributed by atoms with Crippen LogP contribution in [0.4, 0.5) is 0 Å². The Morgan fingerprint density at radius 1 is 1.26 bits per heavy atom. The molecule has 5 heteroatoms. The van der Waals surface area contributed by atoms with Crippen molar-refractivity contribution in [3.05, 3.63) is 23.3 Å². The van der Waals surface area contributed by atoms with Crippen molar-refractivity contribution in [3.63, 3.8) is 0 Å². The number of carbonyl (C=O) groups is 2. The Balaban J connectivity index is 1.90. The van der Waals surface area contributed by atoms with Crippen LogP contribution in [0.15, 0.2) is 12.1 Å². The van der Waals surface area contributed by atoms with Crippen molar-refractivity contribution in [1.82, 2.24) is 5.32 Å². The molecule has 0 saturated heterocycles. The van der Waals surface area contributed by atoms with E-state index >= 15 is 0 Å². The minimum atomic E-state index is -0.231. The van der Waals surface area contributed by atoms with Gasteiger partial charge in [-0.25, -0.2) is 0 Å². The molecule has 1 aliphatic heterocycles. The molecule has 0 spiro atoms. The van der Waals surface area contributed by atoms with Gasteiger partial charge < -0.3 is 14.8 Å². The maximum absolute atomic E-state index is 11.3. The molecule has 0 aliphatic carbocycles. The van der Waals surface area contributed by atoms with Gasteiger partial charge in [-0.1, -0.05) is 0 Å². The molecule has 19 heavy (non-hydrogen) atoms. The predicted molar refractivity (Wildman–Crippen MR) is 69.3 cm³/mol. The van der Waals surface area contributed by atoms with E-state index in [4.69, 9.17) is 9.47 Å². The fourth-order valence-corrected chi connectivity index (χ4v) is 1.98. The topological polar surface area (TPSA) is 64.6 Å². The summed E-state index contributed by atoms with van der Waals surface area (Å²) in [6.45, 7) is 4.16. The van der Waals surface area contributed by atoms with Gasteiger partial charge in [-0.05, 0) is 43.5 Å². The van der Waals surface area contributed by atoms with Crippen molar-refractivity contribution < 1.29 is 19.1 Å². The number of fused-ring (bicyclic) bond motifs is 1. The standard InChI is InChI=1S/C14H17NO4/c1-9-5-12-13(19-8-18-12)7-11(9)3-4-15-14(17)6-10(2)16/h5,7H,3-4,6,8H2,1-2H3,(H,15,17). The first-order valence-electron chi connectivity index (χ1n) is 6.21. The van der Waals surface area contributed by atoms with E-state index in [1.165, 1.54) is 6.92 Å². The third-order valence-electron chi connectivity index (χ3n) is 2.96. The van der Waals surface area contributed by atoms with Gasteiger partial charge in [0.15, 0.2) is 11.5 Å². The molecule has 0 fully saturated rings. The van der Waals surface area contributed by atoms with E-state index < -0.39 is 0 Å². The lowest BCUT2D eigenvalue weighted by molar-refractivity contribution is -0.127. The maximum atomic E-state index is 11.3. The molecule has 102 valence electrons. The SMILES string of the molecule is CC(=O)CC(=O)NCCc1cc2c(cc1C)OCO2. The van der Waals surface area contributed by atoms with Gasteiger partial charge in [0.1, 0.15) is 5.78 Å². The van der Waals surface area contributed by atoms with E-state index in [2.05, 4.69) is 5.32 Å². The number of rotatable bonds is 5. The van der Waals surface area contributed by atoms with E-state index in [0.717, 1.165) is 22.6 Å². The fourth-order valence-electron chi connectivity index (χ4n) is 1.98. The number of carbonyl (C=O) groups excluding carboxylic acids is 2. The highest BCUT2D eigenvalue weighted by Gasteiger charge is 2.15. The molecule has 1 aromatic rings. The van der Waals surface area contributed by atoms with Gasteiger partial charge in [0.25, 0.3) is 0 Å². The molecule has 0 radical (unpaired) electrons. The van der Waals surface area contributed by atoms with Gasteiger partial charge >= 0.3 is 0 Å². The van der Waals surface area contributed by atoms with Crippen molar-refractivity contribution in [1.29, 1.82) is 0 Å². The lowest BCUT2D eigenvalue weighted by atomic mass is 10.0. The molecule has 1 amide bonds. The summed E-state index contributed by atoms with van der Waals surface area (Å²) in [6, 6.07) is 3.88. The molecule has 0 atom stereocenters. The van der Waals surface area contributed by atoms with Crippen LogP contribution in [0.5, 0.6) is 11.5 Å². The molecule has 0 bridgehead atoms. The molecule has 1 heterocycles. The van der Waals surface area contributed by atoms with Crippen molar-refractivity contribution in [2.75, 3.05) is 13.3 Å². The van der Waals surface area contributed by atoms with Crippen LogP contribution >= 0.6 is 0 Å². The highest BCUT2D eigenvalue weighted by atomic mass is 16.7. The van der Waals surface area contributed by atoms with Gasteiger partial charge in [0.2, 0.25) is 12.7 Å². The molecular formula is C14H17NO4. The average Bonchev–Trinajstić information content (AvgIpc) is 2.75. The van der Waals surface area contributed by atoms with Crippen LogP contribution in [0.25, 0.3) is 0 Å². The summed E-state index contributed by atoms with van der Waals surface area (Å²) in [6.07, 6.45) is 0.645. The number of amides is 1. The third kappa shape index (κ3) is 3.47. The Kier molecular flexibility index (Phi) is 4.04. The van der Waals surface area contributed by atoms with Crippen LogP contribution in [0, 0.1) is 6.92 Å². The molecule has 0 aromatic heterocycles. The summed E-state index contributed by atoms with van der Waals surface area (Å²) < 4.78 is 10.6. The number of ether oxygens (including phenoxy) is 2. The summed E-state index contributed by atoms with van der Waals surface area (Å²) in [5, 5.41) is 2.73. The van der Waals surface area contributed by atoms with Crippen LogP contribution < -0.4 is 14.8 Å². The van der Waals surface area contributed by atoms with Gasteiger partial charge in [-0.3, -0.25) is 9.59 Å². The molecular weight excluding hydrogens is 246 g/mol. The second kappa shape index (κ2) is 5.73. The molecule has 1 aliphatic rings. The van der Waals surface area contributed by atoms with E-state index in [1.807, 2.05) is 19.1 Å². The number of nitrogens with one attached hydrogen (secondary N) is 1. The smallest absolute Gasteiger partial charge is 0.231 e. The second-order valence-corrected chi connectivity index (χ2v) is 4.61. The first-order chi connectivity index (χ1) is 9.06. The third-order valence-corrected chi connectivity index (χ3v) is 2.96. The van der Waals surface area contributed by atoms with Crippen LogP contribution in [0.2, 0.25) is 0 Å². The largest absolute Gasteiger partial charge is 0.454 e. The molecule has 2 rings (SSSR count). The zero-order chi connectivity index (χ0) is 13.8. The Bertz CT molecular complexity index is 510. The van der Waals surface area contributed by atoms with Crippen LogP contribution in [0.1, 0.15) is 24.5 Å².